The third-order valence-corrected chi connectivity index (χ3v) is 6.50. The molecule has 1 aliphatic heterocycles. The van der Waals surface area contributed by atoms with Crippen LogP contribution in [-0.4, -0.2) is 51.0 Å². The van der Waals surface area contributed by atoms with Crippen molar-refractivity contribution in [3.63, 3.8) is 0 Å². The zero-order chi connectivity index (χ0) is 18.4. The van der Waals surface area contributed by atoms with E-state index in [4.69, 9.17) is 0 Å². The molecule has 25 heavy (non-hydrogen) atoms. The van der Waals surface area contributed by atoms with Crippen molar-refractivity contribution in [2.45, 2.75) is 83.3 Å². The first-order valence-corrected chi connectivity index (χ1v) is 9.43. The van der Waals surface area contributed by atoms with Gasteiger partial charge in [-0.15, -0.1) is 0 Å². The van der Waals surface area contributed by atoms with Gasteiger partial charge in [-0.05, 0) is 43.9 Å². The Morgan fingerprint density at radius 1 is 1.16 bits per heavy atom. The number of hydrogen-bond donors (Lipinski definition) is 2. The minimum atomic E-state index is -0.820. The van der Waals surface area contributed by atoms with Gasteiger partial charge in [0.2, 0.25) is 0 Å². The highest BCUT2D eigenvalue weighted by Crippen LogP contribution is 2.48. The number of Topliss-reactive ketones (excluding diaryl/α,β-unsaturated/α-hetero) is 1. The molecule has 3 fully saturated rings. The Morgan fingerprint density at radius 2 is 1.80 bits per heavy atom. The summed E-state index contributed by atoms with van der Waals surface area (Å²) in [6.07, 6.45) is 5.06. The average molecular weight is 351 g/mol. The van der Waals surface area contributed by atoms with Gasteiger partial charge >= 0.3 is 11.9 Å². The van der Waals surface area contributed by atoms with Crippen molar-refractivity contribution >= 4 is 17.7 Å². The van der Waals surface area contributed by atoms with E-state index < -0.39 is 11.9 Å². The third-order valence-electron chi connectivity index (χ3n) is 6.50. The highest BCUT2D eigenvalue weighted by Gasteiger charge is 2.52. The summed E-state index contributed by atoms with van der Waals surface area (Å²) in [7, 11) is 0. The zero-order valence-electron chi connectivity index (χ0n) is 15.1. The summed E-state index contributed by atoms with van der Waals surface area (Å²) in [5.74, 6) is -1.60. The molecule has 2 saturated carbocycles. The monoisotopic (exact) mass is 351 g/mol. The Hall–Kier alpha value is -1.43. The summed E-state index contributed by atoms with van der Waals surface area (Å²) in [5.41, 5.74) is -0.0487. The normalized spacial score (nSPS) is 38.3. The number of ketones is 1. The lowest BCUT2D eigenvalue weighted by Gasteiger charge is -2.45. The van der Waals surface area contributed by atoms with Crippen LogP contribution in [-0.2, 0) is 14.4 Å². The molecule has 3 rings (SSSR count). The molecule has 6 nitrogen and oxygen atoms in total. The Morgan fingerprint density at radius 3 is 2.36 bits per heavy atom. The van der Waals surface area contributed by atoms with Gasteiger partial charge in [0.1, 0.15) is 5.78 Å². The minimum Gasteiger partial charge on any atom is -0.481 e. The van der Waals surface area contributed by atoms with Crippen molar-refractivity contribution in [2.24, 2.45) is 17.3 Å². The molecule has 0 aromatic heterocycles. The van der Waals surface area contributed by atoms with Crippen LogP contribution >= 0.6 is 0 Å². The van der Waals surface area contributed by atoms with Crippen LogP contribution < -0.4 is 0 Å². The lowest BCUT2D eigenvalue weighted by atomic mass is 9.69. The Bertz CT molecular complexity index is 564. The molecular weight excluding hydrogens is 322 g/mol. The second kappa shape index (κ2) is 6.71. The molecule has 3 atom stereocenters. The van der Waals surface area contributed by atoms with Crippen LogP contribution in [0.4, 0.5) is 0 Å². The van der Waals surface area contributed by atoms with Crippen molar-refractivity contribution in [2.75, 3.05) is 0 Å². The van der Waals surface area contributed by atoms with Gasteiger partial charge < -0.3 is 10.2 Å². The predicted octanol–water partition coefficient (Wildman–Crippen LogP) is 2.55. The van der Waals surface area contributed by atoms with E-state index in [1.807, 2.05) is 0 Å². The van der Waals surface area contributed by atoms with Crippen molar-refractivity contribution in [1.29, 1.82) is 0 Å². The van der Waals surface area contributed by atoms with Gasteiger partial charge in [0.15, 0.2) is 0 Å². The summed E-state index contributed by atoms with van der Waals surface area (Å²) in [6, 6.07) is 0.223. The number of carboxylic acid groups (broad SMARTS) is 2. The van der Waals surface area contributed by atoms with E-state index in [9.17, 15) is 24.6 Å². The molecule has 2 aliphatic carbocycles. The highest BCUT2D eigenvalue weighted by molar-refractivity contribution is 5.84. The lowest BCUT2D eigenvalue weighted by molar-refractivity contribution is -0.143. The number of fused-ring (bicyclic) bond motifs is 1. The summed E-state index contributed by atoms with van der Waals surface area (Å²) < 4.78 is 0. The fraction of sp³-hybridized carbons (Fsp3) is 0.842. The van der Waals surface area contributed by atoms with Crippen LogP contribution in [0.2, 0.25) is 0 Å². The van der Waals surface area contributed by atoms with Crippen molar-refractivity contribution < 1.29 is 24.6 Å². The summed E-state index contributed by atoms with van der Waals surface area (Å²) in [4.78, 5) is 37.5. The van der Waals surface area contributed by atoms with E-state index in [1.54, 1.807) is 0 Å². The number of nitrogens with zero attached hydrogens (tertiary/aromatic N) is 1. The summed E-state index contributed by atoms with van der Waals surface area (Å²) >= 11 is 0. The molecule has 1 saturated heterocycles. The minimum absolute atomic E-state index is 0.0467. The largest absolute Gasteiger partial charge is 0.481 e. The maximum atomic E-state index is 12.6. The van der Waals surface area contributed by atoms with E-state index in [1.165, 1.54) is 0 Å². The van der Waals surface area contributed by atoms with Gasteiger partial charge in [0.05, 0.1) is 12.3 Å². The smallest absolute Gasteiger partial charge is 0.306 e. The molecule has 0 amide bonds. The summed E-state index contributed by atoms with van der Waals surface area (Å²) in [6.45, 7) is 4.23. The molecule has 0 spiro atoms. The molecule has 0 bridgehead atoms. The van der Waals surface area contributed by atoms with Crippen LogP contribution in [0.15, 0.2) is 0 Å². The SMILES string of the molecule is CC1(C)CC(=O)C2CC(CC(=O)O)N(C3CCC(C(=O)O)CC3)C2C1. The molecule has 2 N–H and O–H groups in total. The number of carbonyl (C=O) groups excluding carboxylic acids is 1. The van der Waals surface area contributed by atoms with Gasteiger partial charge in [-0.25, -0.2) is 0 Å². The molecule has 140 valence electrons. The Kier molecular flexibility index (Phi) is 4.93. The second-order valence-corrected chi connectivity index (χ2v) is 8.96. The second-order valence-electron chi connectivity index (χ2n) is 8.96. The van der Waals surface area contributed by atoms with Crippen LogP contribution in [0.3, 0.4) is 0 Å². The van der Waals surface area contributed by atoms with Crippen molar-refractivity contribution in [1.82, 2.24) is 4.90 Å². The first-order chi connectivity index (χ1) is 11.7. The Balaban J connectivity index is 1.81. The van der Waals surface area contributed by atoms with E-state index in [2.05, 4.69) is 18.7 Å². The molecule has 6 heteroatoms. The van der Waals surface area contributed by atoms with Crippen molar-refractivity contribution in [3.05, 3.63) is 0 Å². The Labute approximate surface area is 148 Å². The molecular formula is C19H29NO5. The number of carboxylic acids is 2. The molecule has 0 radical (unpaired) electrons. The topological polar surface area (TPSA) is 94.9 Å². The standard InChI is InChI=1S/C19H29NO5/c1-19(2)9-15-14(16(21)10-19)7-13(8-17(22)23)20(15)12-5-3-11(4-6-12)18(24)25/h11-15H,3-10H2,1-2H3,(H,22,23)(H,24,25). The highest BCUT2D eigenvalue weighted by atomic mass is 16.4. The summed E-state index contributed by atoms with van der Waals surface area (Å²) in [5, 5.41) is 18.5. The average Bonchev–Trinajstić information content (AvgIpc) is 2.83. The van der Waals surface area contributed by atoms with E-state index >= 15 is 0 Å². The first-order valence-electron chi connectivity index (χ1n) is 9.43. The van der Waals surface area contributed by atoms with Gasteiger partial charge in [-0.3, -0.25) is 19.3 Å². The third kappa shape index (κ3) is 3.73. The van der Waals surface area contributed by atoms with E-state index in [0.29, 0.717) is 25.7 Å². The van der Waals surface area contributed by atoms with Crippen LogP contribution in [0.25, 0.3) is 0 Å². The fourth-order valence-electron chi connectivity index (χ4n) is 5.47. The van der Waals surface area contributed by atoms with Crippen LogP contribution in [0, 0.1) is 17.3 Å². The maximum absolute atomic E-state index is 12.6. The maximum Gasteiger partial charge on any atom is 0.306 e. The number of likely N-dealkylation sites (tertiary alicyclic amines) is 1. The number of aliphatic carboxylic acids is 2. The number of hydrogen-bond acceptors (Lipinski definition) is 4. The van der Waals surface area contributed by atoms with Crippen molar-refractivity contribution in [3.8, 4) is 0 Å². The van der Waals surface area contributed by atoms with Gasteiger partial charge in [-0.2, -0.15) is 0 Å². The fourth-order valence-corrected chi connectivity index (χ4v) is 5.47. The number of rotatable bonds is 4. The quantitative estimate of drug-likeness (QED) is 0.808. The zero-order valence-corrected chi connectivity index (χ0v) is 15.1. The van der Waals surface area contributed by atoms with Crippen LogP contribution in [0.5, 0.6) is 0 Å². The lowest BCUT2D eigenvalue weighted by Crippen LogP contribution is -2.51. The number of carbonyl (C=O) groups is 3. The van der Waals surface area contributed by atoms with E-state index in [-0.39, 0.29) is 47.6 Å². The van der Waals surface area contributed by atoms with Gasteiger partial charge in [0.25, 0.3) is 0 Å². The molecule has 3 aliphatic rings. The molecule has 3 unspecified atom stereocenters. The van der Waals surface area contributed by atoms with Crippen LogP contribution in [0.1, 0.15) is 65.2 Å². The molecule has 0 aromatic rings. The first kappa shape index (κ1) is 18.4. The van der Waals surface area contributed by atoms with Gasteiger partial charge in [-0.1, -0.05) is 13.8 Å². The van der Waals surface area contributed by atoms with E-state index in [0.717, 1.165) is 19.3 Å². The predicted molar refractivity (Wildman–Crippen MR) is 91.2 cm³/mol. The molecule has 0 aromatic carbocycles. The van der Waals surface area contributed by atoms with Gasteiger partial charge in [0, 0.05) is 30.5 Å². The molecule has 1 heterocycles.